The molecule has 0 aliphatic rings. The Balaban J connectivity index is 2.68. The maximum atomic E-state index is 12.8. The number of aliphatic hydroxyl groups excluding tert-OH is 1. The molecule has 1 aromatic carbocycles. The second kappa shape index (κ2) is 7.36. The Labute approximate surface area is 114 Å². The molecule has 0 bridgehead atoms. The Hall–Kier alpha value is -1.26. The van der Waals surface area contributed by atoms with Gasteiger partial charge in [0.15, 0.2) is 5.78 Å². The first-order valence-corrected chi connectivity index (χ1v) is 6.60. The first-order chi connectivity index (χ1) is 8.95. The quantitative estimate of drug-likeness (QED) is 0.771. The van der Waals surface area contributed by atoms with E-state index in [0.29, 0.717) is 18.7 Å². The summed E-state index contributed by atoms with van der Waals surface area (Å²) in [4.78, 5) is 14.3. The molecule has 0 heterocycles. The minimum Gasteiger partial charge on any atom is -0.395 e. The van der Waals surface area contributed by atoms with Crippen molar-refractivity contribution in [2.24, 2.45) is 5.92 Å². The molecule has 0 spiro atoms. The van der Waals surface area contributed by atoms with Gasteiger partial charge < -0.3 is 5.11 Å². The fraction of sp³-hybridized carbons (Fsp3) is 0.533. The van der Waals surface area contributed by atoms with Gasteiger partial charge in [-0.2, -0.15) is 0 Å². The van der Waals surface area contributed by atoms with E-state index in [1.54, 1.807) is 0 Å². The van der Waals surface area contributed by atoms with Gasteiger partial charge in [-0.15, -0.1) is 0 Å². The lowest BCUT2D eigenvalue weighted by molar-refractivity contribution is 0.0857. The normalized spacial score (nSPS) is 13.0. The number of hydrogen-bond donors (Lipinski definition) is 1. The van der Waals surface area contributed by atoms with Gasteiger partial charge >= 0.3 is 0 Å². The molecule has 106 valence electrons. The van der Waals surface area contributed by atoms with Crippen molar-refractivity contribution in [3.05, 3.63) is 35.6 Å². The lowest BCUT2D eigenvalue weighted by atomic mass is 9.98. The van der Waals surface area contributed by atoms with Gasteiger partial charge in [-0.05, 0) is 38.1 Å². The molecule has 0 amide bonds. The van der Waals surface area contributed by atoms with E-state index in [0.717, 1.165) is 0 Å². The average molecular weight is 267 g/mol. The van der Waals surface area contributed by atoms with Crippen LogP contribution in [0, 0.1) is 11.7 Å². The van der Waals surface area contributed by atoms with Crippen molar-refractivity contribution in [3.63, 3.8) is 0 Å². The highest BCUT2D eigenvalue weighted by Crippen LogP contribution is 2.12. The van der Waals surface area contributed by atoms with E-state index in [1.165, 1.54) is 24.3 Å². The Morgan fingerprint density at radius 2 is 1.84 bits per heavy atom. The van der Waals surface area contributed by atoms with E-state index in [1.807, 2.05) is 20.8 Å². The number of ketones is 1. The van der Waals surface area contributed by atoms with E-state index in [9.17, 15) is 9.18 Å². The molecular weight excluding hydrogens is 245 g/mol. The third-order valence-electron chi connectivity index (χ3n) is 3.20. The maximum Gasteiger partial charge on any atom is 0.166 e. The van der Waals surface area contributed by atoms with Crippen LogP contribution in [-0.4, -0.2) is 41.5 Å². The topological polar surface area (TPSA) is 40.5 Å². The first-order valence-electron chi connectivity index (χ1n) is 6.60. The number of halogens is 1. The van der Waals surface area contributed by atoms with Crippen LogP contribution in [0.3, 0.4) is 0 Å². The Morgan fingerprint density at radius 3 is 2.32 bits per heavy atom. The molecule has 1 unspecified atom stereocenters. The van der Waals surface area contributed by atoms with Gasteiger partial charge in [0.2, 0.25) is 0 Å². The molecule has 1 rings (SSSR count). The molecule has 19 heavy (non-hydrogen) atoms. The van der Waals surface area contributed by atoms with Crippen molar-refractivity contribution in [3.8, 4) is 0 Å². The molecule has 3 nitrogen and oxygen atoms in total. The number of carbonyl (C=O) groups excluding carboxylic acids is 1. The van der Waals surface area contributed by atoms with Crippen LogP contribution in [0.4, 0.5) is 4.39 Å². The SMILES string of the molecule is CC(CN(CCO)C(C)C)C(=O)c1ccc(F)cc1. The predicted octanol–water partition coefficient (Wildman–Crippen LogP) is 2.35. The van der Waals surface area contributed by atoms with Gasteiger partial charge in [-0.25, -0.2) is 4.39 Å². The van der Waals surface area contributed by atoms with Gasteiger partial charge in [0.05, 0.1) is 6.61 Å². The zero-order valence-electron chi connectivity index (χ0n) is 11.8. The van der Waals surface area contributed by atoms with E-state index in [2.05, 4.69) is 4.90 Å². The largest absolute Gasteiger partial charge is 0.395 e. The van der Waals surface area contributed by atoms with Gasteiger partial charge in [-0.3, -0.25) is 9.69 Å². The van der Waals surface area contributed by atoms with Crippen molar-refractivity contribution >= 4 is 5.78 Å². The summed E-state index contributed by atoms with van der Waals surface area (Å²) in [5, 5.41) is 9.02. The number of aliphatic hydroxyl groups is 1. The first kappa shape index (κ1) is 15.8. The second-order valence-corrected chi connectivity index (χ2v) is 5.08. The summed E-state index contributed by atoms with van der Waals surface area (Å²) in [5.41, 5.74) is 0.529. The molecule has 4 heteroatoms. The van der Waals surface area contributed by atoms with Crippen LogP contribution in [0.15, 0.2) is 24.3 Å². The number of benzene rings is 1. The van der Waals surface area contributed by atoms with Crippen LogP contribution in [0.1, 0.15) is 31.1 Å². The van der Waals surface area contributed by atoms with Gasteiger partial charge in [-0.1, -0.05) is 6.92 Å². The van der Waals surface area contributed by atoms with Crippen molar-refractivity contribution in [1.29, 1.82) is 0 Å². The highest BCUT2D eigenvalue weighted by molar-refractivity contribution is 5.97. The third-order valence-corrected chi connectivity index (χ3v) is 3.20. The van der Waals surface area contributed by atoms with E-state index < -0.39 is 0 Å². The zero-order valence-corrected chi connectivity index (χ0v) is 11.8. The van der Waals surface area contributed by atoms with Crippen molar-refractivity contribution in [1.82, 2.24) is 4.90 Å². The van der Waals surface area contributed by atoms with Crippen LogP contribution >= 0.6 is 0 Å². The minimum absolute atomic E-state index is 0.00332. The van der Waals surface area contributed by atoms with Crippen LogP contribution in [-0.2, 0) is 0 Å². The standard InChI is InChI=1S/C15H22FNO2/c1-11(2)17(8-9-18)10-12(3)15(19)13-4-6-14(16)7-5-13/h4-7,11-12,18H,8-10H2,1-3H3. The van der Waals surface area contributed by atoms with Gasteiger partial charge in [0, 0.05) is 30.6 Å². The molecule has 1 N–H and O–H groups in total. The van der Waals surface area contributed by atoms with E-state index in [-0.39, 0.29) is 30.2 Å². The number of Topliss-reactive ketones (excluding diaryl/α,β-unsaturated/α-hetero) is 1. The predicted molar refractivity (Wildman–Crippen MR) is 73.7 cm³/mol. The summed E-state index contributed by atoms with van der Waals surface area (Å²) in [7, 11) is 0. The monoisotopic (exact) mass is 267 g/mol. The van der Waals surface area contributed by atoms with Crippen LogP contribution in [0.5, 0.6) is 0 Å². The number of rotatable bonds is 7. The third kappa shape index (κ3) is 4.73. The number of hydrogen-bond acceptors (Lipinski definition) is 3. The molecule has 0 radical (unpaired) electrons. The fourth-order valence-electron chi connectivity index (χ4n) is 2.02. The molecular formula is C15H22FNO2. The Bertz CT molecular complexity index is 403. The van der Waals surface area contributed by atoms with Crippen molar-refractivity contribution < 1.29 is 14.3 Å². The number of carbonyl (C=O) groups is 1. The van der Waals surface area contributed by atoms with Gasteiger partial charge in [0.1, 0.15) is 5.82 Å². The summed E-state index contributed by atoms with van der Waals surface area (Å²) in [6, 6.07) is 5.90. The molecule has 0 aromatic heterocycles. The average Bonchev–Trinajstić information content (AvgIpc) is 2.38. The summed E-state index contributed by atoms with van der Waals surface area (Å²) in [6.45, 7) is 7.15. The summed E-state index contributed by atoms with van der Waals surface area (Å²) in [5.74, 6) is -0.517. The van der Waals surface area contributed by atoms with E-state index >= 15 is 0 Å². The summed E-state index contributed by atoms with van der Waals surface area (Å²) >= 11 is 0. The van der Waals surface area contributed by atoms with Crippen LogP contribution in [0.25, 0.3) is 0 Å². The highest BCUT2D eigenvalue weighted by Gasteiger charge is 2.19. The lowest BCUT2D eigenvalue weighted by Crippen LogP contribution is -2.38. The molecule has 1 atom stereocenters. The number of nitrogens with zero attached hydrogens (tertiary/aromatic N) is 1. The Morgan fingerprint density at radius 1 is 1.26 bits per heavy atom. The Kier molecular flexibility index (Phi) is 6.12. The molecule has 0 saturated carbocycles. The van der Waals surface area contributed by atoms with Gasteiger partial charge in [0.25, 0.3) is 0 Å². The van der Waals surface area contributed by atoms with Crippen LogP contribution in [0.2, 0.25) is 0 Å². The molecule has 1 aromatic rings. The minimum atomic E-state index is -0.340. The summed E-state index contributed by atoms with van der Waals surface area (Å²) in [6.07, 6.45) is 0. The van der Waals surface area contributed by atoms with Crippen molar-refractivity contribution in [2.75, 3.05) is 19.7 Å². The highest BCUT2D eigenvalue weighted by atomic mass is 19.1. The molecule has 0 fully saturated rings. The second-order valence-electron chi connectivity index (χ2n) is 5.08. The van der Waals surface area contributed by atoms with E-state index in [4.69, 9.17) is 5.11 Å². The maximum absolute atomic E-state index is 12.8. The molecule has 0 aliphatic heterocycles. The lowest BCUT2D eigenvalue weighted by Gasteiger charge is -2.28. The van der Waals surface area contributed by atoms with Crippen molar-refractivity contribution in [2.45, 2.75) is 26.8 Å². The molecule has 0 aliphatic carbocycles. The fourth-order valence-corrected chi connectivity index (χ4v) is 2.02. The zero-order chi connectivity index (χ0) is 14.4. The van der Waals surface area contributed by atoms with Crippen LogP contribution < -0.4 is 0 Å². The summed E-state index contributed by atoms with van der Waals surface area (Å²) < 4.78 is 12.8. The molecule has 0 saturated heterocycles. The smallest absolute Gasteiger partial charge is 0.166 e.